The van der Waals surface area contributed by atoms with Crippen LogP contribution in [0.2, 0.25) is 0 Å². The van der Waals surface area contributed by atoms with Gasteiger partial charge in [-0.15, -0.1) is 0 Å². The third kappa shape index (κ3) is 5.47. The highest BCUT2D eigenvalue weighted by atomic mass is 32.2. The van der Waals surface area contributed by atoms with E-state index < -0.39 is 16.1 Å². The molecule has 7 heteroatoms. The molecule has 2 aliphatic carbocycles. The van der Waals surface area contributed by atoms with Crippen LogP contribution < -0.4 is 4.74 Å². The van der Waals surface area contributed by atoms with E-state index in [9.17, 15) is 13.5 Å². The molecule has 1 aromatic carbocycles. The van der Waals surface area contributed by atoms with Gasteiger partial charge in [0, 0.05) is 31.6 Å². The molecule has 33 heavy (non-hydrogen) atoms. The summed E-state index contributed by atoms with van der Waals surface area (Å²) in [5.41, 5.74) is 2.32. The first-order valence-electron chi connectivity index (χ1n) is 12.6. The van der Waals surface area contributed by atoms with Crippen LogP contribution in [-0.4, -0.2) is 68.2 Å². The molecule has 1 heterocycles. The molecule has 4 rings (SSSR count). The largest absolute Gasteiger partial charge is 0.487 e. The van der Waals surface area contributed by atoms with Crippen molar-refractivity contribution in [3.05, 3.63) is 29.8 Å². The highest BCUT2D eigenvalue weighted by Crippen LogP contribution is 2.37. The first-order chi connectivity index (χ1) is 15.8. The van der Waals surface area contributed by atoms with Crippen LogP contribution in [0.25, 0.3) is 5.57 Å². The number of rotatable bonds is 7. The lowest BCUT2D eigenvalue weighted by molar-refractivity contribution is 0.0712. The predicted octanol–water partition coefficient (Wildman–Crippen LogP) is 4.14. The van der Waals surface area contributed by atoms with E-state index in [4.69, 9.17) is 4.74 Å². The average molecular weight is 477 g/mol. The number of nitrogens with zero attached hydrogens (tertiary/aromatic N) is 2. The van der Waals surface area contributed by atoms with Crippen LogP contribution in [0.5, 0.6) is 5.75 Å². The lowest BCUT2D eigenvalue weighted by atomic mass is 10.0. The number of benzene rings is 1. The molecule has 3 aliphatic rings. The van der Waals surface area contributed by atoms with Gasteiger partial charge in [0.1, 0.15) is 16.7 Å². The van der Waals surface area contributed by atoms with Gasteiger partial charge in [0.2, 0.25) is 10.0 Å². The van der Waals surface area contributed by atoms with E-state index in [1.54, 1.807) is 13.0 Å². The maximum absolute atomic E-state index is 13.6. The Labute approximate surface area is 199 Å². The van der Waals surface area contributed by atoms with Crippen LogP contribution in [0, 0.1) is 11.8 Å². The lowest BCUT2D eigenvalue weighted by Crippen LogP contribution is -2.49. The Bertz CT molecular complexity index is 955. The maximum atomic E-state index is 13.6. The molecule has 1 aliphatic heterocycles. The fourth-order valence-electron chi connectivity index (χ4n) is 5.59. The minimum absolute atomic E-state index is 0.0118. The van der Waals surface area contributed by atoms with Crippen molar-refractivity contribution in [2.75, 3.05) is 33.3 Å². The van der Waals surface area contributed by atoms with E-state index in [-0.39, 0.29) is 23.5 Å². The van der Waals surface area contributed by atoms with Gasteiger partial charge in [0.05, 0.1) is 6.61 Å². The quantitative estimate of drug-likeness (QED) is 0.640. The molecule has 184 valence electrons. The zero-order valence-electron chi connectivity index (χ0n) is 20.4. The van der Waals surface area contributed by atoms with Crippen molar-refractivity contribution in [3.63, 3.8) is 0 Å². The third-order valence-corrected chi connectivity index (χ3v) is 9.63. The number of aliphatic hydroxyl groups is 1. The zero-order valence-corrected chi connectivity index (χ0v) is 21.2. The van der Waals surface area contributed by atoms with Crippen LogP contribution in [0.3, 0.4) is 0 Å². The smallest absolute Gasteiger partial charge is 0.247 e. The highest BCUT2D eigenvalue weighted by Gasteiger charge is 2.38. The second-order valence-corrected chi connectivity index (χ2v) is 12.3. The molecule has 0 amide bonds. The van der Waals surface area contributed by atoms with E-state index in [0.717, 1.165) is 43.8 Å². The number of aliphatic hydroxyl groups excluding tert-OH is 1. The molecule has 0 unspecified atom stereocenters. The van der Waals surface area contributed by atoms with Gasteiger partial charge in [-0.05, 0) is 75.3 Å². The molecule has 0 aromatic heterocycles. The normalized spacial score (nSPS) is 27.0. The topological polar surface area (TPSA) is 70.1 Å². The fraction of sp³-hybridized carbons (Fsp3) is 0.692. The summed E-state index contributed by atoms with van der Waals surface area (Å²) in [6, 6.07) is 5.04. The highest BCUT2D eigenvalue weighted by molar-refractivity contribution is 7.89. The van der Waals surface area contributed by atoms with Gasteiger partial charge in [-0.3, -0.25) is 0 Å². The summed E-state index contributed by atoms with van der Waals surface area (Å²) >= 11 is 0. The Balaban J connectivity index is 1.67. The van der Waals surface area contributed by atoms with Crippen molar-refractivity contribution in [1.82, 2.24) is 9.21 Å². The summed E-state index contributed by atoms with van der Waals surface area (Å²) in [7, 11) is -1.63. The SMILES string of the molecule is C[C@@H]1CN([C@@H](C)CO)S(=O)(=O)c2ccc(C3=CCCC3)cc2O[C@@H]1CN(C)CC1CCCC1. The fourth-order valence-corrected chi connectivity index (χ4v) is 7.42. The molecule has 1 saturated carbocycles. The Morgan fingerprint density at radius 1 is 1.21 bits per heavy atom. The molecule has 1 fully saturated rings. The Kier molecular flexibility index (Phi) is 7.83. The van der Waals surface area contributed by atoms with Crippen LogP contribution in [0.15, 0.2) is 29.2 Å². The average Bonchev–Trinajstić information content (AvgIpc) is 3.50. The monoisotopic (exact) mass is 476 g/mol. The molecule has 0 radical (unpaired) electrons. The van der Waals surface area contributed by atoms with Gasteiger partial charge < -0.3 is 14.7 Å². The first kappa shape index (κ1) is 24.7. The summed E-state index contributed by atoms with van der Waals surface area (Å²) < 4.78 is 35.3. The third-order valence-electron chi connectivity index (χ3n) is 7.62. The van der Waals surface area contributed by atoms with Crippen molar-refractivity contribution < 1.29 is 18.3 Å². The minimum Gasteiger partial charge on any atom is -0.487 e. The van der Waals surface area contributed by atoms with Crippen LogP contribution in [0.1, 0.15) is 64.4 Å². The van der Waals surface area contributed by atoms with Crippen molar-refractivity contribution in [2.45, 2.75) is 75.8 Å². The molecule has 0 spiro atoms. The van der Waals surface area contributed by atoms with Gasteiger partial charge in [-0.1, -0.05) is 31.9 Å². The molecule has 1 aromatic rings. The van der Waals surface area contributed by atoms with E-state index in [0.29, 0.717) is 12.3 Å². The molecule has 3 atom stereocenters. The zero-order chi connectivity index (χ0) is 23.6. The van der Waals surface area contributed by atoms with Gasteiger partial charge in [0.15, 0.2) is 0 Å². The first-order valence-corrected chi connectivity index (χ1v) is 14.0. The Morgan fingerprint density at radius 2 is 1.97 bits per heavy atom. The predicted molar refractivity (Wildman–Crippen MR) is 132 cm³/mol. The van der Waals surface area contributed by atoms with Gasteiger partial charge >= 0.3 is 0 Å². The van der Waals surface area contributed by atoms with Crippen LogP contribution >= 0.6 is 0 Å². The van der Waals surface area contributed by atoms with Crippen molar-refractivity contribution in [1.29, 1.82) is 0 Å². The summed E-state index contributed by atoms with van der Waals surface area (Å²) in [5.74, 6) is 1.18. The second-order valence-electron chi connectivity index (χ2n) is 10.4. The molecular weight excluding hydrogens is 436 g/mol. The van der Waals surface area contributed by atoms with Gasteiger partial charge in [-0.25, -0.2) is 8.42 Å². The van der Waals surface area contributed by atoms with Crippen LogP contribution in [0.4, 0.5) is 0 Å². The number of likely N-dealkylation sites (N-methyl/N-ethyl adjacent to an activating group) is 1. The number of ether oxygens (including phenoxy) is 1. The van der Waals surface area contributed by atoms with Crippen molar-refractivity contribution in [3.8, 4) is 5.75 Å². The molecule has 6 nitrogen and oxygen atoms in total. The van der Waals surface area contributed by atoms with E-state index in [2.05, 4.69) is 24.9 Å². The number of hydrogen-bond acceptors (Lipinski definition) is 5. The Morgan fingerprint density at radius 3 is 2.64 bits per heavy atom. The minimum atomic E-state index is -3.78. The van der Waals surface area contributed by atoms with Crippen LogP contribution in [-0.2, 0) is 10.0 Å². The lowest BCUT2D eigenvalue weighted by Gasteiger charge is -2.38. The second kappa shape index (κ2) is 10.5. The van der Waals surface area contributed by atoms with Crippen molar-refractivity contribution in [2.24, 2.45) is 11.8 Å². The molecule has 0 bridgehead atoms. The summed E-state index contributed by atoms with van der Waals surface area (Å²) in [4.78, 5) is 2.57. The molecule has 0 saturated heterocycles. The number of hydrogen-bond donors (Lipinski definition) is 1. The number of allylic oxidation sites excluding steroid dienone is 2. The van der Waals surface area contributed by atoms with Gasteiger partial charge in [0.25, 0.3) is 0 Å². The van der Waals surface area contributed by atoms with Gasteiger partial charge in [-0.2, -0.15) is 4.31 Å². The standard InChI is InChI=1S/C26H40N2O4S/c1-19-15-28(20(2)18-29)33(30,31)26-13-12-23(22-10-6-7-11-22)14-24(26)32-25(19)17-27(3)16-21-8-4-5-9-21/h10,12-14,19-21,25,29H,4-9,11,15-18H2,1-3H3/t19-,20+,25-/m1/s1. The van der Waals surface area contributed by atoms with E-state index >= 15 is 0 Å². The number of sulfonamides is 1. The molecular formula is C26H40N2O4S. The van der Waals surface area contributed by atoms with E-state index in [1.807, 2.05) is 12.1 Å². The maximum Gasteiger partial charge on any atom is 0.247 e. The summed E-state index contributed by atoms with van der Waals surface area (Å²) in [6.45, 7) is 5.77. The summed E-state index contributed by atoms with van der Waals surface area (Å²) in [5, 5.41) is 9.82. The van der Waals surface area contributed by atoms with Crippen molar-refractivity contribution >= 4 is 15.6 Å². The molecule has 1 N–H and O–H groups in total. The Hall–Kier alpha value is -1.41. The summed E-state index contributed by atoms with van der Waals surface area (Å²) in [6.07, 6.45) is 10.6. The van der Waals surface area contributed by atoms with E-state index in [1.165, 1.54) is 35.6 Å². The number of fused-ring (bicyclic) bond motifs is 1.